The van der Waals surface area contributed by atoms with Crippen LogP contribution in [0.15, 0.2) is 53.1 Å². The number of nitrogens with zero attached hydrogens (tertiary/aromatic N) is 2. The van der Waals surface area contributed by atoms with Gasteiger partial charge in [0.1, 0.15) is 17.2 Å². The van der Waals surface area contributed by atoms with Crippen molar-refractivity contribution in [3.05, 3.63) is 60.1 Å². The van der Waals surface area contributed by atoms with Crippen LogP contribution in [-0.4, -0.2) is 22.6 Å². The molecule has 0 saturated heterocycles. The quantitative estimate of drug-likeness (QED) is 0.601. The monoisotopic (exact) mass is 349 g/mol. The molecule has 0 aliphatic heterocycles. The molecule has 0 radical (unpaired) electrons. The third-order valence-corrected chi connectivity index (χ3v) is 4.54. The maximum absolute atomic E-state index is 12.4. The predicted molar refractivity (Wildman–Crippen MR) is 99.0 cm³/mol. The lowest BCUT2D eigenvalue weighted by atomic mass is 10.1. The van der Waals surface area contributed by atoms with E-state index in [1.54, 1.807) is 13.4 Å². The standard InChI is InChI=1S/C20H19N3O3/c1-23-17-6-4-3-5-16(17)22-19(23)11-21-20(24)9-13-12-26-18-10-14(25-2)7-8-15(13)18/h3-8,10,12H,9,11H2,1-2H3,(H,21,24). The lowest BCUT2D eigenvalue weighted by molar-refractivity contribution is -0.120. The van der Waals surface area contributed by atoms with Gasteiger partial charge in [0.25, 0.3) is 0 Å². The zero-order chi connectivity index (χ0) is 18.1. The Hall–Kier alpha value is -3.28. The molecule has 2 aromatic carbocycles. The Kier molecular flexibility index (Phi) is 4.08. The summed E-state index contributed by atoms with van der Waals surface area (Å²) in [5.74, 6) is 1.47. The average molecular weight is 349 g/mol. The molecular formula is C20H19N3O3. The van der Waals surface area contributed by atoms with E-state index in [9.17, 15) is 4.79 Å². The summed E-state index contributed by atoms with van der Waals surface area (Å²) in [5.41, 5.74) is 3.54. The Morgan fingerprint density at radius 3 is 2.92 bits per heavy atom. The van der Waals surface area contributed by atoms with Crippen molar-refractivity contribution in [3.8, 4) is 5.75 Å². The van der Waals surface area contributed by atoms with E-state index in [1.807, 2.05) is 54.1 Å². The van der Waals surface area contributed by atoms with Gasteiger partial charge in [0, 0.05) is 24.1 Å². The van der Waals surface area contributed by atoms with Gasteiger partial charge in [0.15, 0.2) is 0 Å². The van der Waals surface area contributed by atoms with Crippen LogP contribution in [0, 0.1) is 0 Å². The lowest BCUT2D eigenvalue weighted by Crippen LogP contribution is -2.25. The number of benzene rings is 2. The number of methoxy groups -OCH3 is 1. The van der Waals surface area contributed by atoms with Gasteiger partial charge in [-0.05, 0) is 24.3 Å². The maximum atomic E-state index is 12.4. The number of carbonyl (C=O) groups excluding carboxylic acids is 1. The van der Waals surface area contributed by atoms with E-state index < -0.39 is 0 Å². The van der Waals surface area contributed by atoms with Crippen molar-refractivity contribution in [1.29, 1.82) is 0 Å². The minimum Gasteiger partial charge on any atom is -0.497 e. The first kappa shape index (κ1) is 16.2. The molecule has 1 N–H and O–H groups in total. The Balaban J connectivity index is 1.46. The van der Waals surface area contributed by atoms with Gasteiger partial charge in [-0.1, -0.05) is 12.1 Å². The molecule has 2 aromatic heterocycles. The Morgan fingerprint density at radius 2 is 2.12 bits per heavy atom. The summed E-state index contributed by atoms with van der Waals surface area (Å²) in [6.45, 7) is 0.383. The van der Waals surface area contributed by atoms with Crippen LogP contribution in [0.25, 0.3) is 22.0 Å². The number of ether oxygens (including phenoxy) is 1. The van der Waals surface area contributed by atoms with Crippen LogP contribution in [0.5, 0.6) is 5.75 Å². The zero-order valence-electron chi connectivity index (χ0n) is 14.7. The number of amides is 1. The fourth-order valence-corrected chi connectivity index (χ4v) is 3.09. The molecule has 0 aliphatic carbocycles. The molecular weight excluding hydrogens is 330 g/mol. The van der Waals surface area contributed by atoms with Gasteiger partial charge in [0.05, 0.1) is 37.4 Å². The van der Waals surface area contributed by atoms with Gasteiger partial charge in [0.2, 0.25) is 5.91 Å². The van der Waals surface area contributed by atoms with Crippen molar-refractivity contribution in [2.24, 2.45) is 7.05 Å². The summed E-state index contributed by atoms with van der Waals surface area (Å²) in [4.78, 5) is 16.9. The first-order valence-electron chi connectivity index (χ1n) is 8.37. The van der Waals surface area contributed by atoms with Crippen LogP contribution in [0.2, 0.25) is 0 Å². The molecule has 132 valence electrons. The van der Waals surface area contributed by atoms with Crippen LogP contribution in [-0.2, 0) is 24.8 Å². The fraction of sp³-hybridized carbons (Fsp3) is 0.200. The number of imidazole rings is 1. The van der Waals surface area contributed by atoms with E-state index in [0.717, 1.165) is 33.6 Å². The molecule has 0 atom stereocenters. The largest absolute Gasteiger partial charge is 0.497 e. The topological polar surface area (TPSA) is 69.3 Å². The van der Waals surface area contributed by atoms with Crippen LogP contribution in [0.3, 0.4) is 0 Å². The second-order valence-electron chi connectivity index (χ2n) is 6.15. The van der Waals surface area contributed by atoms with E-state index in [0.29, 0.717) is 12.1 Å². The summed E-state index contributed by atoms with van der Waals surface area (Å²) in [6.07, 6.45) is 1.88. The van der Waals surface area contributed by atoms with Crippen LogP contribution in [0.1, 0.15) is 11.4 Å². The normalized spacial score (nSPS) is 11.2. The van der Waals surface area contributed by atoms with E-state index in [1.165, 1.54) is 0 Å². The summed E-state index contributed by atoms with van der Waals surface area (Å²) in [5, 5.41) is 3.86. The minimum atomic E-state index is -0.0735. The molecule has 0 fully saturated rings. The van der Waals surface area contributed by atoms with Gasteiger partial charge in [-0.25, -0.2) is 4.98 Å². The van der Waals surface area contributed by atoms with Crippen molar-refractivity contribution >= 4 is 27.9 Å². The zero-order valence-corrected chi connectivity index (χ0v) is 14.7. The van der Waals surface area contributed by atoms with Crippen LogP contribution in [0.4, 0.5) is 0 Å². The highest BCUT2D eigenvalue weighted by molar-refractivity contribution is 5.88. The number of fused-ring (bicyclic) bond motifs is 2. The highest BCUT2D eigenvalue weighted by Crippen LogP contribution is 2.25. The van der Waals surface area contributed by atoms with Gasteiger partial charge in [-0.3, -0.25) is 4.79 Å². The second kappa shape index (κ2) is 6.55. The molecule has 0 bridgehead atoms. The SMILES string of the molecule is COc1ccc2c(CC(=O)NCc3nc4ccccc4n3C)coc2c1. The van der Waals surface area contributed by atoms with Gasteiger partial charge >= 0.3 is 0 Å². The Morgan fingerprint density at radius 1 is 1.27 bits per heavy atom. The number of carbonyl (C=O) groups is 1. The molecule has 0 aliphatic rings. The molecule has 1 amide bonds. The number of hydrogen-bond donors (Lipinski definition) is 1. The Labute approximate surface area is 150 Å². The number of aryl methyl sites for hydroxylation is 1. The number of hydrogen-bond acceptors (Lipinski definition) is 4. The summed E-state index contributed by atoms with van der Waals surface area (Å²) < 4.78 is 12.7. The third-order valence-electron chi connectivity index (χ3n) is 4.54. The number of para-hydroxylation sites is 2. The molecule has 4 rings (SSSR count). The van der Waals surface area contributed by atoms with E-state index >= 15 is 0 Å². The second-order valence-corrected chi connectivity index (χ2v) is 6.15. The van der Waals surface area contributed by atoms with Crippen molar-refractivity contribution in [3.63, 3.8) is 0 Å². The van der Waals surface area contributed by atoms with Crippen molar-refractivity contribution in [2.75, 3.05) is 7.11 Å². The average Bonchev–Trinajstić information content (AvgIpc) is 3.21. The first-order chi connectivity index (χ1) is 12.7. The first-order valence-corrected chi connectivity index (χ1v) is 8.37. The number of nitrogens with one attached hydrogen (secondary N) is 1. The molecule has 0 saturated carbocycles. The molecule has 26 heavy (non-hydrogen) atoms. The summed E-state index contributed by atoms with van der Waals surface area (Å²) in [6, 6.07) is 13.5. The van der Waals surface area contributed by atoms with Crippen molar-refractivity contribution < 1.29 is 13.9 Å². The van der Waals surface area contributed by atoms with E-state index in [4.69, 9.17) is 9.15 Å². The maximum Gasteiger partial charge on any atom is 0.224 e. The molecule has 6 heteroatoms. The minimum absolute atomic E-state index is 0.0735. The van der Waals surface area contributed by atoms with Crippen LogP contribution >= 0.6 is 0 Å². The van der Waals surface area contributed by atoms with Crippen molar-refractivity contribution in [1.82, 2.24) is 14.9 Å². The molecule has 6 nitrogen and oxygen atoms in total. The van der Waals surface area contributed by atoms with Gasteiger partial charge in [-0.15, -0.1) is 0 Å². The number of aromatic nitrogens is 2. The van der Waals surface area contributed by atoms with E-state index in [-0.39, 0.29) is 12.3 Å². The summed E-state index contributed by atoms with van der Waals surface area (Å²) in [7, 11) is 3.56. The highest BCUT2D eigenvalue weighted by Gasteiger charge is 2.13. The highest BCUT2D eigenvalue weighted by atomic mass is 16.5. The molecule has 0 unspecified atom stereocenters. The van der Waals surface area contributed by atoms with Gasteiger partial charge in [-0.2, -0.15) is 0 Å². The number of furan rings is 1. The molecule has 4 aromatic rings. The van der Waals surface area contributed by atoms with Crippen LogP contribution < -0.4 is 10.1 Å². The lowest BCUT2D eigenvalue weighted by Gasteiger charge is -2.05. The fourth-order valence-electron chi connectivity index (χ4n) is 3.09. The third kappa shape index (κ3) is 2.90. The molecule has 0 spiro atoms. The van der Waals surface area contributed by atoms with E-state index in [2.05, 4.69) is 10.3 Å². The predicted octanol–water partition coefficient (Wildman–Crippen LogP) is 3.19. The smallest absolute Gasteiger partial charge is 0.224 e. The molecule has 2 heterocycles. The van der Waals surface area contributed by atoms with Gasteiger partial charge < -0.3 is 19.0 Å². The Bertz CT molecular complexity index is 1090. The summed E-state index contributed by atoms with van der Waals surface area (Å²) >= 11 is 0. The number of rotatable bonds is 5. The van der Waals surface area contributed by atoms with Crippen molar-refractivity contribution in [2.45, 2.75) is 13.0 Å².